The molecule has 2 rings (SSSR count). The summed E-state index contributed by atoms with van der Waals surface area (Å²) < 4.78 is 11.1. The van der Waals surface area contributed by atoms with Crippen molar-refractivity contribution in [1.82, 2.24) is 0 Å². The summed E-state index contributed by atoms with van der Waals surface area (Å²) in [5.74, 6) is 0.856. The average molecular weight is 277 g/mol. The highest BCUT2D eigenvalue weighted by atomic mass is 16.5. The molecule has 2 unspecified atom stereocenters. The zero-order chi connectivity index (χ0) is 14.5. The standard InChI is InChI=1S/C16H23NO3/c1-3-19-16(18)14-8-7-12(17)10-15(14)20-13-6-4-5-11(2)9-13/h7-8,10-11,13H,3-6,9,17H2,1-2H3. The van der Waals surface area contributed by atoms with E-state index in [2.05, 4.69) is 6.92 Å². The lowest BCUT2D eigenvalue weighted by atomic mass is 9.88. The highest BCUT2D eigenvalue weighted by molar-refractivity contribution is 5.93. The van der Waals surface area contributed by atoms with Gasteiger partial charge in [-0.2, -0.15) is 0 Å². The zero-order valence-corrected chi connectivity index (χ0v) is 12.2. The van der Waals surface area contributed by atoms with Gasteiger partial charge in [0.15, 0.2) is 0 Å². The van der Waals surface area contributed by atoms with Crippen LogP contribution in [0, 0.1) is 5.92 Å². The van der Waals surface area contributed by atoms with Gasteiger partial charge >= 0.3 is 5.97 Å². The maximum Gasteiger partial charge on any atom is 0.341 e. The van der Waals surface area contributed by atoms with Gasteiger partial charge in [-0.1, -0.05) is 13.3 Å². The van der Waals surface area contributed by atoms with Crippen LogP contribution in [-0.4, -0.2) is 18.7 Å². The minimum Gasteiger partial charge on any atom is -0.489 e. The normalized spacial score (nSPS) is 22.3. The molecule has 0 saturated heterocycles. The summed E-state index contributed by atoms with van der Waals surface area (Å²) >= 11 is 0. The van der Waals surface area contributed by atoms with Gasteiger partial charge in [-0.05, 0) is 44.2 Å². The van der Waals surface area contributed by atoms with Gasteiger partial charge in [-0.25, -0.2) is 4.79 Å². The highest BCUT2D eigenvalue weighted by Crippen LogP contribution is 2.30. The fourth-order valence-electron chi connectivity index (χ4n) is 2.68. The van der Waals surface area contributed by atoms with E-state index in [0.717, 1.165) is 12.8 Å². The second-order valence-corrected chi connectivity index (χ2v) is 5.49. The van der Waals surface area contributed by atoms with Crippen LogP contribution in [0.4, 0.5) is 5.69 Å². The van der Waals surface area contributed by atoms with Crippen LogP contribution in [-0.2, 0) is 4.74 Å². The summed E-state index contributed by atoms with van der Waals surface area (Å²) in [6.07, 6.45) is 4.64. The van der Waals surface area contributed by atoms with Crippen LogP contribution in [0.2, 0.25) is 0 Å². The summed E-state index contributed by atoms with van der Waals surface area (Å²) in [6.45, 7) is 4.38. The number of esters is 1. The second-order valence-electron chi connectivity index (χ2n) is 5.49. The molecule has 2 atom stereocenters. The van der Waals surface area contributed by atoms with Crippen LogP contribution < -0.4 is 10.5 Å². The largest absolute Gasteiger partial charge is 0.489 e. The maximum atomic E-state index is 11.9. The lowest BCUT2D eigenvalue weighted by Crippen LogP contribution is -2.25. The van der Waals surface area contributed by atoms with Gasteiger partial charge in [0.1, 0.15) is 11.3 Å². The van der Waals surface area contributed by atoms with E-state index in [1.54, 1.807) is 25.1 Å². The smallest absolute Gasteiger partial charge is 0.341 e. The number of carbonyl (C=O) groups is 1. The molecule has 1 fully saturated rings. The number of anilines is 1. The van der Waals surface area contributed by atoms with Crippen LogP contribution in [0.25, 0.3) is 0 Å². The molecule has 0 heterocycles. The molecule has 4 heteroatoms. The van der Waals surface area contributed by atoms with E-state index >= 15 is 0 Å². The van der Waals surface area contributed by atoms with Crippen molar-refractivity contribution in [2.24, 2.45) is 5.92 Å². The van der Waals surface area contributed by atoms with Crippen LogP contribution in [0.3, 0.4) is 0 Å². The topological polar surface area (TPSA) is 61.5 Å². The first-order chi connectivity index (χ1) is 9.60. The molecule has 20 heavy (non-hydrogen) atoms. The van der Waals surface area contributed by atoms with Crippen LogP contribution in [0.5, 0.6) is 5.75 Å². The van der Waals surface area contributed by atoms with E-state index in [0.29, 0.717) is 29.5 Å². The molecule has 0 aliphatic heterocycles. The highest BCUT2D eigenvalue weighted by Gasteiger charge is 2.23. The summed E-state index contributed by atoms with van der Waals surface area (Å²) in [5.41, 5.74) is 6.85. The number of nitrogens with two attached hydrogens (primary N) is 1. The van der Waals surface area contributed by atoms with E-state index in [1.807, 2.05) is 0 Å². The Morgan fingerprint density at radius 2 is 2.20 bits per heavy atom. The van der Waals surface area contributed by atoms with Gasteiger partial charge in [0, 0.05) is 11.8 Å². The van der Waals surface area contributed by atoms with Crippen molar-refractivity contribution >= 4 is 11.7 Å². The number of hydrogen-bond acceptors (Lipinski definition) is 4. The molecule has 0 spiro atoms. The molecule has 2 N–H and O–H groups in total. The van der Waals surface area contributed by atoms with E-state index < -0.39 is 0 Å². The summed E-state index contributed by atoms with van der Waals surface area (Å²) in [5, 5.41) is 0. The monoisotopic (exact) mass is 277 g/mol. The van der Waals surface area contributed by atoms with Crippen LogP contribution >= 0.6 is 0 Å². The van der Waals surface area contributed by atoms with Crippen molar-refractivity contribution in [3.05, 3.63) is 23.8 Å². The Balaban J connectivity index is 2.16. The third-order valence-corrected chi connectivity index (χ3v) is 3.68. The Bertz CT molecular complexity index is 473. The Labute approximate surface area is 120 Å². The number of benzene rings is 1. The SMILES string of the molecule is CCOC(=O)c1ccc(N)cc1OC1CCCC(C)C1. The Morgan fingerprint density at radius 3 is 2.90 bits per heavy atom. The summed E-state index contributed by atoms with van der Waals surface area (Å²) in [7, 11) is 0. The lowest BCUT2D eigenvalue weighted by molar-refractivity contribution is 0.0515. The van der Waals surface area contributed by atoms with Gasteiger partial charge in [-0.3, -0.25) is 0 Å². The number of ether oxygens (including phenoxy) is 2. The van der Waals surface area contributed by atoms with Gasteiger partial charge in [0.2, 0.25) is 0 Å². The Hall–Kier alpha value is -1.71. The zero-order valence-electron chi connectivity index (χ0n) is 12.2. The molecule has 1 aromatic carbocycles. The number of nitrogen functional groups attached to an aromatic ring is 1. The first kappa shape index (κ1) is 14.7. The number of rotatable bonds is 4. The summed E-state index contributed by atoms with van der Waals surface area (Å²) in [4.78, 5) is 11.9. The van der Waals surface area contributed by atoms with Crippen LogP contribution in [0.15, 0.2) is 18.2 Å². The van der Waals surface area contributed by atoms with Gasteiger partial charge in [0.25, 0.3) is 0 Å². The second kappa shape index (κ2) is 6.64. The fourth-order valence-corrected chi connectivity index (χ4v) is 2.68. The van der Waals surface area contributed by atoms with Gasteiger partial charge < -0.3 is 15.2 Å². The Kier molecular flexibility index (Phi) is 4.88. The van der Waals surface area contributed by atoms with E-state index in [1.165, 1.54) is 12.8 Å². The minimum absolute atomic E-state index is 0.161. The molecule has 1 aliphatic carbocycles. The molecule has 1 saturated carbocycles. The number of hydrogen-bond donors (Lipinski definition) is 1. The molecule has 0 aromatic heterocycles. The van der Waals surface area contributed by atoms with Crippen molar-refractivity contribution in [3.8, 4) is 5.75 Å². The molecule has 0 amide bonds. The van der Waals surface area contributed by atoms with Crippen molar-refractivity contribution in [3.63, 3.8) is 0 Å². The average Bonchev–Trinajstić information content (AvgIpc) is 2.39. The molecule has 0 radical (unpaired) electrons. The minimum atomic E-state index is -0.355. The Morgan fingerprint density at radius 1 is 1.40 bits per heavy atom. The summed E-state index contributed by atoms with van der Waals surface area (Å²) in [6, 6.07) is 5.09. The fraction of sp³-hybridized carbons (Fsp3) is 0.562. The van der Waals surface area contributed by atoms with E-state index in [9.17, 15) is 4.79 Å². The van der Waals surface area contributed by atoms with Crippen molar-refractivity contribution < 1.29 is 14.3 Å². The quantitative estimate of drug-likeness (QED) is 0.676. The van der Waals surface area contributed by atoms with E-state index in [4.69, 9.17) is 15.2 Å². The first-order valence-electron chi connectivity index (χ1n) is 7.33. The number of carbonyl (C=O) groups excluding carboxylic acids is 1. The molecular formula is C16H23NO3. The van der Waals surface area contributed by atoms with Crippen molar-refractivity contribution in [1.29, 1.82) is 0 Å². The predicted octanol–water partition coefficient (Wildman–Crippen LogP) is 3.40. The third-order valence-electron chi connectivity index (χ3n) is 3.68. The molecule has 1 aliphatic rings. The van der Waals surface area contributed by atoms with Gasteiger partial charge in [-0.15, -0.1) is 0 Å². The molecule has 0 bridgehead atoms. The predicted molar refractivity (Wildman–Crippen MR) is 78.9 cm³/mol. The van der Waals surface area contributed by atoms with Crippen LogP contribution in [0.1, 0.15) is 49.9 Å². The third kappa shape index (κ3) is 3.65. The maximum absolute atomic E-state index is 11.9. The molecule has 4 nitrogen and oxygen atoms in total. The first-order valence-corrected chi connectivity index (χ1v) is 7.33. The van der Waals surface area contributed by atoms with Gasteiger partial charge in [0.05, 0.1) is 12.7 Å². The van der Waals surface area contributed by atoms with E-state index in [-0.39, 0.29) is 12.1 Å². The molecular weight excluding hydrogens is 254 g/mol. The lowest BCUT2D eigenvalue weighted by Gasteiger charge is -2.28. The molecule has 110 valence electrons. The van der Waals surface area contributed by atoms with Crippen molar-refractivity contribution in [2.75, 3.05) is 12.3 Å². The van der Waals surface area contributed by atoms with Crippen molar-refractivity contribution in [2.45, 2.75) is 45.6 Å². The molecule has 1 aromatic rings.